The first-order valence-electron chi connectivity index (χ1n) is 4.28. The zero-order valence-electron chi connectivity index (χ0n) is 7.80. The van der Waals surface area contributed by atoms with Crippen molar-refractivity contribution < 1.29 is 9.47 Å². The molecule has 2 heteroatoms. The van der Waals surface area contributed by atoms with Gasteiger partial charge in [0.1, 0.15) is 0 Å². The fourth-order valence-electron chi connectivity index (χ4n) is 0.627. The van der Waals surface area contributed by atoms with Crippen LogP contribution in [0.4, 0.5) is 0 Å². The van der Waals surface area contributed by atoms with Gasteiger partial charge in [0.15, 0.2) is 0 Å². The summed E-state index contributed by atoms with van der Waals surface area (Å²) in [6.07, 6.45) is 0.962. The Balaban J connectivity index is 2.80. The molecule has 0 aromatic rings. The van der Waals surface area contributed by atoms with Crippen molar-refractivity contribution in [2.75, 3.05) is 19.8 Å². The average molecular weight is 159 g/mol. The molecule has 0 saturated carbocycles. The van der Waals surface area contributed by atoms with Crippen molar-refractivity contribution in [1.82, 2.24) is 0 Å². The maximum Gasteiger partial charge on any atom is 0.0835 e. The zero-order chi connectivity index (χ0) is 8.53. The molecule has 11 heavy (non-hydrogen) atoms. The first-order chi connectivity index (χ1) is 5.27. The van der Waals surface area contributed by atoms with Crippen LogP contribution < -0.4 is 0 Å². The van der Waals surface area contributed by atoms with Crippen molar-refractivity contribution in [3.63, 3.8) is 0 Å². The fourth-order valence-corrected chi connectivity index (χ4v) is 0.627. The van der Waals surface area contributed by atoms with Crippen molar-refractivity contribution in [2.45, 2.75) is 27.2 Å². The Labute approximate surface area is 69.9 Å². The molecule has 0 aliphatic rings. The van der Waals surface area contributed by atoms with E-state index in [2.05, 4.69) is 20.8 Å². The molecule has 0 atom stereocenters. The molecule has 0 heterocycles. The lowest BCUT2D eigenvalue weighted by molar-refractivity contribution is 0.0572. The molecule has 0 spiro atoms. The van der Waals surface area contributed by atoms with Crippen molar-refractivity contribution >= 4 is 0 Å². The third-order valence-corrected chi connectivity index (χ3v) is 1.08. The summed E-state index contributed by atoms with van der Waals surface area (Å²) in [5, 5.41) is 0. The van der Waals surface area contributed by atoms with Crippen LogP contribution in [0.5, 0.6) is 0 Å². The summed E-state index contributed by atoms with van der Waals surface area (Å²) in [4.78, 5) is 0. The van der Waals surface area contributed by atoms with Crippen LogP contribution in [0.2, 0.25) is 0 Å². The molecule has 2 nitrogen and oxygen atoms in total. The van der Waals surface area contributed by atoms with E-state index in [1.165, 1.54) is 0 Å². The van der Waals surface area contributed by atoms with E-state index < -0.39 is 0 Å². The Morgan fingerprint density at radius 1 is 1.27 bits per heavy atom. The lowest BCUT2D eigenvalue weighted by Gasteiger charge is -2.06. The molecule has 67 valence electrons. The van der Waals surface area contributed by atoms with Gasteiger partial charge in [-0.2, -0.15) is 0 Å². The minimum absolute atomic E-state index is 0.616. The lowest BCUT2D eigenvalue weighted by atomic mass is 10.2. The Morgan fingerprint density at radius 3 is 2.55 bits per heavy atom. The Hall–Kier alpha value is -0.0800. The van der Waals surface area contributed by atoms with Crippen LogP contribution in [0.15, 0.2) is 0 Å². The maximum absolute atomic E-state index is 5.30. The highest BCUT2D eigenvalue weighted by molar-refractivity contribution is 4.44. The summed E-state index contributed by atoms with van der Waals surface area (Å²) in [6.45, 7) is 10.3. The van der Waals surface area contributed by atoms with Gasteiger partial charge in [0, 0.05) is 6.61 Å². The van der Waals surface area contributed by atoms with Crippen LogP contribution in [0.25, 0.3) is 0 Å². The standard InChI is InChI=1S/C9H19O2/c1-4-5-10-6-7-11-8-9(2)3/h5,9H,4,6-8H2,1-3H3. The minimum atomic E-state index is 0.616. The maximum atomic E-state index is 5.30. The van der Waals surface area contributed by atoms with E-state index in [1.807, 2.05) is 0 Å². The highest BCUT2D eigenvalue weighted by atomic mass is 16.5. The van der Waals surface area contributed by atoms with Gasteiger partial charge in [-0.15, -0.1) is 0 Å². The molecule has 0 aliphatic carbocycles. The van der Waals surface area contributed by atoms with Gasteiger partial charge in [0.05, 0.1) is 19.8 Å². The first kappa shape index (κ1) is 10.9. The number of ether oxygens (including phenoxy) is 2. The van der Waals surface area contributed by atoms with E-state index in [9.17, 15) is 0 Å². The fraction of sp³-hybridized carbons (Fsp3) is 0.889. The third-order valence-electron chi connectivity index (χ3n) is 1.08. The molecule has 0 fully saturated rings. The van der Waals surface area contributed by atoms with Gasteiger partial charge >= 0.3 is 0 Å². The van der Waals surface area contributed by atoms with E-state index in [-0.39, 0.29) is 0 Å². The molecule has 0 rings (SSSR count). The molecule has 0 aromatic carbocycles. The Kier molecular flexibility index (Phi) is 7.96. The predicted molar refractivity (Wildman–Crippen MR) is 46.2 cm³/mol. The average Bonchev–Trinajstić information content (AvgIpc) is 1.96. The number of hydrogen-bond acceptors (Lipinski definition) is 2. The largest absolute Gasteiger partial charge is 0.379 e. The van der Waals surface area contributed by atoms with Gasteiger partial charge in [-0.25, -0.2) is 0 Å². The van der Waals surface area contributed by atoms with Gasteiger partial charge in [-0.3, -0.25) is 0 Å². The molecule has 0 amide bonds. The van der Waals surface area contributed by atoms with Crippen molar-refractivity contribution in [3.8, 4) is 0 Å². The second-order valence-electron chi connectivity index (χ2n) is 2.91. The van der Waals surface area contributed by atoms with Crippen LogP contribution >= 0.6 is 0 Å². The van der Waals surface area contributed by atoms with Crippen molar-refractivity contribution in [2.24, 2.45) is 5.92 Å². The molecular weight excluding hydrogens is 140 g/mol. The molecule has 0 aromatic heterocycles. The second-order valence-corrected chi connectivity index (χ2v) is 2.91. The van der Waals surface area contributed by atoms with Gasteiger partial charge in [0.25, 0.3) is 0 Å². The van der Waals surface area contributed by atoms with Gasteiger partial charge < -0.3 is 9.47 Å². The minimum Gasteiger partial charge on any atom is -0.379 e. The summed E-state index contributed by atoms with van der Waals surface area (Å²) < 4.78 is 10.4. The first-order valence-corrected chi connectivity index (χ1v) is 4.28. The Morgan fingerprint density at radius 2 is 2.00 bits per heavy atom. The Bertz CT molecular complexity index is 72.0. The van der Waals surface area contributed by atoms with Gasteiger partial charge in [-0.05, 0) is 12.3 Å². The van der Waals surface area contributed by atoms with E-state index in [1.54, 1.807) is 6.61 Å². The molecule has 1 radical (unpaired) electrons. The van der Waals surface area contributed by atoms with Crippen LogP contribution in [-0.2, 0) is 9.47 Å². The molecule has 0 saturated heterocycles. The topological polar surface area (TPSA) is 18.5 Å². The van der Waals surface area contributed by atoms with Crippen molar-refractivity contribution in [1.29, 1.82) is 0 Å². The smallest absolute Gasteiger partial charge is 0.0835 e. The molecule has 0 N–H and O–H groups in total. The van der Waals surface area contributed by atoms with Gasteiger partial charge in [-0.1, -0.05) is 20.8 Å². The highest BCUT2D eigenvalue weighted by Crippen LogP contribution is 1.92. The summed E-state index contributed by atoms with van der Waals surface area (Å²) in [7, 11) is 0. The van der Waals surface area contributed by atoms with E-state index in [4.69, 9.17) is 9.47 Å². The summed E-state index contributed by atoms with van der Waals surface area (Å²) in [6, 6.07) is 0. The summed E-state index contributed by atoms with van der Waals surface area (Å²) >= 11 is 0. The molecule has 0 unspecified atom stereocenters. The SMILES string of the molecule is CC[CH]OCCOCC(C)C. The second kappa shape index (κ2) is 8.02. The molecule has 0 bridgehead atoms. The predicted octanol–water partition coefficient (Wildman–Crippen LogP) is 2.25. The van der Waals surface area contributed by atoms with Crippen LogP contribution in [-0.4, -0.2) is 19.8 Å². The van der Waals surface area contributed by atoms with Gasteiger partial charge in [0.2, 0.25) is 0 Å². The monoisotopic (exact) mass is 159 g/mol. The zero-order valence-corrected chi connectivity index (χ0v) is 7.80. The van der Waals surface area contributed by atoms with Crippen LogP contribution in [0.3, 0.4) is 0 Å². The van der Waals surface area contributed by atoms with Crippen LogP contribution in [0.1, 0.15) is 27.2 Å². The summed E-state index contributed by atoms with van der Waals surface area (Å²) in [5.41, 5.74) is 0. The van der Waals surface area contributed by atoms with E-state index in [0.717, 1.165) is 13.0 Å². The van der Waals surface area contributed by atoms with E-state index in [0.29, 0.717) is 19.1 Å². The normalized spacial score (nSPS) is 10.9. The quantitative estimate of drug-likeness (QED) is 0.530. The highest BCUT2D eigenvalue weighted by Gasteiger charge is 1.92. The van der Waals surface area contributed by atoms with E-state index >= 15 is 0 Å². The lowest BCUT2D eigenvalue weighted by Crippen LogP contribution is -2.07. The summed E-state index contributed by atoms with van der Waals surface area (Å²) in [5.74, 6) is 0.616. The number of rotatable bonds is 7. The number of hydrogen-bond donors (Lipinski definition) is 0. The third kappa shape index (κ3) is 9.92. The molecule has 0 aliphatic heterocycles. The van der Waals surface area contributed by atoms with Crippen LogP contribution in [0, 0.1) is 12.5 Å². The van der Waals surface area contributed by atoms with Crippen molar-refractivity contribution in [3.05, 3.63) is 6.61 Å². The molecular formula is C9H19O2.